The Kier molecular flexibility index (Phi) is 4.87. The quantitative estimate of drug-likeness (QED) is 0.775. The molecule has 1 amide bonds. The maximum absolute atomic E-state index is 12.3. The van der Waals surface area contributed by atoms with E-state index in [0.717, 1.165) is 18.4 Å². The van der Waals surface area contributed by atoms with Crippen LogP contribution in [0.4, 0.5) is 0 Å². The van der Waals surface area contributed by atoms with Crippen LogP contribution in [0.3, 0.4) is 0 Å². The zero-order chi connectivity index (χ0) is 13.8. The monoisotopic (exact) mass is 279 g/mol. The van der Waals surface area contributed by atoms with Crippen molar-refractivity contribution in [3.63, 3.8) is 0 Å². The number of benzene rings is 1. The molecule has 1 aromatic carbocycles. The molecule has 19 heavy (non-hydrogen) atoms. The van der Waals surface area contributed by atoms with E-state index in [2.05, 4.69) is 6.92 Å². The second-order valence-corrected chi connectivity index (χ2v) is 6.10. The molecule has 0 heterocycles. The number of nitrogens with zero attached hydrogens (tertiary/aromatic N) is 1. The van der Waals surface area contributed by atoms with E-state index in [0.29, 0.717) is 6.42 Å². The molecule has 2 rings (SSSR count). The van der Waals surface area contributed by atoms with Crippen molar-refractivity contribution in [1.82, 2.24) is 4.90 Å². The molecule has 104 valence electrons. The number of hydrogen-bond acceptors (Lipinski definition) is 1. The summed E-state index contributed by atoms with van der Waals surface area (Å²) in [7, 11) is 1.89. The fourth-order valence-corrected chi connectivity index (χ4v) is 3.14. The summed E-state index contributed by atoms with van der Waals surface area (Å²) in [6.07, 6.45) is 4.89. The van der Waals surface area contributed by atoms with Crippen molar-refractivity contribution < 1.29 is 4.79 Å². The van der Waals surface area contributed by atoms with Gasteiger partial charge in [-0.15, -0.1) is 11.6 Å². The number of aryl methyl sites for hydroxylation is 1. The van der Waals surface area contributed by atoms with Gasteiger partial charge in [0.05, 0.1) is 11.8 Å². The summed E-state index contributed by atoms with van der Waals surface area (Å²) in [4.78, 5) is 14.2. The number of halogens is 1. The summed E-state index contributed by atoms with van der Waals surface area (Å²) in [5, 5.41) is 0.112. The number of carbonyl (C=O) groups is 1. The molecule has 1 aromatic rings. The third-order valence-electron chi connectivity index (χ3n) is 4.01. The second-order valence-electron chi connectivity index (χ2n) is 5.53. The summed E-state index contributed by atoms with van der Waals surface area (Å²) in [6.45, 7) is 2.05. The van der Waals surface area contributed by atoms with Gasteiger partial charge in [0.25, 0.3) is 0 Å². The van der Waals surface area contributed by atoms with Crippen molar-refractivity contribution in [2.75, 3.05) is 7.05 Å². The van der Waals surface area contributed by atoms with Gasteiger partial charge in [0, 0.05) is 13.1 Å². The third-order valence-corrected chi connectivity index (χ3v) is 4.52. The molecule has 0 aliphatic heterocycles. The molecule has 2 unspecified atom stereocenters. The van der Waals surface area contributed by atoms with Crippen molar-refractivity contribution in [2.45, 2.75) is 50.4 Å². The number of carbonyl (C=O) groups excluding carboxylic acids is 1. The first kappa shape index (κ1) is 14.4. The van der Waals surface area contributed by atoms with E-state index in [1.165, 1.54) is 18.4 Å². The van der Waals surface area contributed by atoms with Gasteiger partial charge in [-0.05, 0) is 25.3 Å². The first-order valence-electron chi connectivity index (χ1n) is 7.03. The van der Waals surface area contributed by atoms with Gasteiger partial charge >= 0.3 is 0 Å². The highest BCUT2D eigenvalue weighted by molar-refractivity contribution is 6.21. The molecule has 1 fully saturated rings. The first-order valence-corrected chi connectivity index (χ1v) is 7.47. The predicted molar refractivity (Wildman–Crippen MR) is 79.6 cm³/mol. The average molecular weight is 280 g/mol. The topological polar surface area (TPSA) is 20.3 Å². The standard InChI is InChI=1S/C16H22ClNO/c1-12-7-9-13(10-8-12)11-16(19)18(2)15-6-4-3-5-14(15)17/h7-10,14-15H,3-6,11H2,1-2H3. The van der Waals surface area contributed by atoms with Crippen molar-refractivity contribution in [2.24, 2.45) is 0 Å². The van der Waals surface area contributed by atoms with Gasteiger partial charge in [0.1, 0.15) is 0 Å². The zero-order valence-electron chi connectivity index (χ0n) is 11.7. The Labute approximate surface area is 120 Å². The normalized spacial score (nSPS) is 23.1. The van der Waals surface area contributed by atoms with Gasteiger partial charge in [-0.3, -0.25) is 4.79 Å². The Hall–Kier alpha value is -1.02. The summed E-state index contributed by atoms with van der Waals surface area (Å²) in [6, 6.07) is 8.36. The second kappa shape index (κ2) is 6.42. The molecule has 1 aliphatic carbocycles. The molecule has 0 saturated heterocycles. The molecule has 0 bridgehead atoms. The predicted octanol–water partition coefficient (Wildman–Crippen LogP) is 3.55. The minimum atomic E-state index is 0.112. The lowest BCUT2D eigenvalue weighted by Gasteiger charge is -2.35. The maximum atomic E-state index is 12.3. The van der Waals surface area contributed by atoms with Crippen LogP contribution >= 0.6 is 11.6 Å². The van der Waals surface area contributed by atoms with Crippen LogP contribution < -0.4 is 0 Å². The highest BCUT2D eigenvalue weighted by Crippen LogP contribution is 2.26. The van der Waals surface area contributed by atoms with Crippen molar-refractivity contribution in [3.8, 4) is 0 Å². The zero-order valence-corrected chi connectivity index (χ0v) is 12.5. The molecule has 1 saturated carbocycles. The SMILES string of the molecule is Cc1ccc(CC(=O)N(C)C2CCCCC2Cl)cc1. The number of hydrogen-bond donors (Lipinski definition) is 0. The lowest BCUT2D eigenvalue weighted by atomic mass is 9.93. The van der Waals surface area contributed by atoms with Crippen LogP contribution in [-0.4, -0.2) is 29.3 Å². The van der Waals surface area contributed by atoms with Gasteiger partial charge in [-0.1, -0.05) is 42.7 Å². The minimum absolute atomic E-state index is 0.112. The van der Waals surface area contributed by atoms with Crippen LogP contribution in [-0.2, 0) is 11.2 Å². The fraction of sp³-hybridized carbons (Fsp3) is 0.562. The van der Waals surface area contributed by atoms with Crippen LogP contribution in [0.25, 0.3) is 0 Å². The summed E-state index contributed by atoms with van der Waals surface area (Å²) >= 11 is 6.35. The Morgan fingerprint density at radius 3 is 2.53 bits per heavy atom. The molecule has 1 aliphatic rings. The van der Waals surface area contributed by atoms with Crippen molar-refractivity contribution in [3.05, 3.63) is 35.4 Å². The van der Waals surface area contributed by atoms with E-state index in [1.54, 1.807) is 0 Å². The fourth-order valence-electron chi connectivity index (χ4n) is 2.69. The van der Waals surface area contributed by atoms with Crippen molar-refractivity contribution >= 4 is 17.5 Å². The van der Waals surface area contributed by atoms with Crippen molar-refractivity contribution in [1.29, 1.82) is 0 Å². The van der Waals surface area contributed by atoms with E-state index in [1.807, 2.05) is 36.2 Å². The average Bonchev–Trinajstić information content (AvgIpc) is 2.41. The van der Waals surface area contributed by atoms with Gasteiger partial charge in [0.15, 0.2) is 0 Å². The van der Waals surface area contributed by atoms with Crippen LogP contribution in [0.15, 0.2) is 24.3 Å². The van der Waals surface area contributed by atoms with E-state index in [4.69, 9.17) is 11.6 Å². The highest BCUT2D eigenvalue weighted by Gasteiger charge is 2.29. The van der Waals surface area contributed by atoms with E-state index >= 15 is 0 Å². The molecule has 2 nitrogen and oxygen atoms in total. The summed E-state index contributed by atoms with van der Waals surface area (Å²) in [5.41, 5.74) is 2.29. The van der Waals surface area contributed by atoms with Gasteiger partial charge in [0.2, 0.25) is 5.91 Å². The highest BCUT2D eigenvalue weighted by atomic mass is 35.5. The van der Waals surface area contributed by atoms with E-state index in [9.17, 15) is 4.79 Å². The Morgan fingerprint density at radius 1 is 1.26 bits per heavy atom. The maximum Gasteiger partial charge on any atom is 0.227 e. The lowest BCUT2D eigenvalue weighted by molar-refractivity contribution is -0.131. The number of rotatable bonds is 3. The van der Waals surface area contributed by atoms with Crippen LogP contribution in [0.5, 0.6) is 0 Å². The Balaban J connectivity index is 1.96. The number of alkyl halides is 1. The minimum Gasteiger partial charge on any atom is -0.341 e. The van der Waals surface area contributed by atoms with Crippen LogP contribution in [0.1, 0.15) is 36.8 Å². The summed E-state index contributed by atoms with van der Waals surface area (Å²) in [5.74, 6) is 0.168. The molecular weight excluding hydrogens is 258 g/mol. The third kappa shape index (κ3) is 3.73. The first-order chi connectivity index (χ1) is 9.08. The van der Waals surface area contributed by atoms with Gasteiger partial charge < -0.3 is 4.90 Å². The molecule has 3 heteroatoms. The molecule has 0 N–H and O–H groups in total. The Bertz CT molecular complexity index is 429. The van der Waals surface area contributed by atoms with Gasteiger partial charge in [-0.25, -0.2) is 0 Å². The Morgan fingerprint density at radius 2 is 1.89 bits per heavy atom. The molecule has 0 spiro atoms. The molecular formula is C16H22ClNO. The van der Waals surface area contributed by atoms with Crippen LogP contribution in [0, 0.1) is 6.92 Å². The number of amides is 1. The largest absolute Gasteiger partial charge is 0.341 e. The number of likely N-dealkylation sites (N-methyl/N-ethyl adjacent to an activating group) is 1. The molecule has 0 aromatic heterocycles. The lowest BCUT2D eigenvalue weighted by Crippen LogP contribution is -2.44. The summed E-state index contributed by atoms with van der Waals surface area (Å²) < 4.78 is 0. The molecule has 2 atom stereocenters. The smallest absolute Gasteiger partial charge is 0.227 e. The van der Waals surface area contributed by atoms with E-state index in [-0.39, 0.29) is 17.3 Å². The van der Waals surface area contributed by atoms with E-state index < -0.39 is 0 Å². The van der Waals surface area contributed by atoms with Gasteiger partial charge in [-0.2, -0.15) is 0 Å². The molecule has 0 radical (unpaired) electrons. The van der Waals surface area contributed by atoms with Crippen LogP contribution in [0.2, 0.25) is 0 Å².